The number of carbonyl (C=O) groups is 2. The van der Waals surface area contributed by atoms with Crippen LogP contribution in [0.5, 0.6) is 5.75 Å². The molecule has 2 aromatic carbocycles. The van der Waals surface area contributed by atoms with Crippen molar-refractivity contribution in [3.05, 3.63) is 54.1 Å². The molecule has 0 bridgehead atoms. The van der Waals surface area contributed by atoms with Crippen molar-refractivity contribution in [2.24, 2.45) is 5.92 Å². The number of hydrogen-bond acceptors (Lipinski definition) is 5. The van der Waals surface area contributed by atoms with Crippen molar-refractivity contribution in [1.82, 2.24) is 9.62 Å². The fraction of sp³-hybridized carbons (Fsp3) is 0.440. The Hall–Kier alpha value is -2.91. The van der Waals surface area contributed by atoms with Gasteiger partial charge in [-0.25, -0.2) is 8.42 Å². The number of sulfonamides is 1. The first-order valence-corrected chi connectivity index (χ1v) is 13.0. The fourth-order valence-electron chi connectivity index (χ4n) is 3.95. The van der Waals surface area contributed by atoms with Crippen molar-refractivity contribution in [2.45, 2.75) is 50.5 Å². The SMILES string of the molecule is COc1ccc(NC(=O)C(NC(=O)CC(C)C)c2ccccc2)cc1S(=O)(=O)N1CCCCC1. The number of piperidine rings is 1. The fourth-order valence-corrected chi connectivity index (χ4v) is 5.65. The molecule has 0 saturated carbocycles. The van der Waals surface area contributed by atoms with Gasteiger partial charge in [-0.15, -0.1) is 0 Å². The van der Waals surface area contributed by atoms with Crippen LogP contribution in [0.4, 0.5) is 5.69 Å². The average molecular weight is 488 g/mol. The molecule has 34 heavy (non-hydrogen) atoms. The summed E-state index contributed by atoms with van der Waals surface area (Å²) in [7, 11) is -2.37. The lowest BCUT2D eigenvalue weighted by atomic mass is 10.0. The first kappa shape index (κ1) is 25.7. The quantitative estimate of drug-likeness (QED) is 0.561. The number of rotatable bonds is 9. The maximum absolute atomic E-state index is 13.3. The van der Waals surface area contributed by atoms with Gasteiger partial charge in [0.2, 0.25) is 15.9 Å². The molecule has 1 atom stereocenters. The molecular formula is C25H33N3O5S. The van der Waals surface area contributed by atoms with E-state index in [-0.39, 0.29) is 28.9 Å². The molecule has 9 heteroatoms. The molecule has 1 aliphatic rings. The molecule has 1 fully saturated rings. The zero-order valence-corrected chi connectivity index (χ0v) is 20.7. The Kier molecular flexibility index (Phi) is 8.68. The lowest BCUT2D eigenvalue weighted by Gasteiger charge is -2.27. The van der Waals surface area contributed by atoms with E-state index >= 15 is 0 Å². The van der Waals surface area contributed by atoms with Crippen LogP contribution in [0, 0.1) is 5.92 Å². The highest BCUT2D eigenvalue weighted by Gasteiger charge is 2.30. The Labute approximate surface area is 201 Å². The van der Waals surface area contributed by atoms with Gasteiger partial charge in [0.15, 0.2) is 0 Å². The third kappa shape index (κ3) is 6.36. The molecule has 184 valence electrons. The molecule has 0 aromatic heterocycles. The van der Waals surface area contributed by atoms with Crippen molar-refractivity contribution in [3.63, 3.8) is 0 Å². The second kappa shape index (κ2) is 11.5. The zero-order valence-electron chi connectivity index (χ0n) is 19.9. The van der Waals surface area contributed by atoms with Gasteiger partial charge in [-0.05, 0) is 42.5 Å². The van der Waals surface area contributed by atoms with E-state index in [1.807, 2.05) is 19.9 Å². The van der Waals surface area contributed by atoms with Crippen molar-refractivity contribution >= 4 is 27.5 Å². The van der Waals surface area contributed by atoms with Gasteiger partial charge in [0.25, 0.3) is 5.91 Å². The second-order valence-corrected chi connectivity index (χ2v) is 10.7. The number of ether oxygens (including phenoxy) is 1. The topological polar surface area (TPSA) is 105 Å². The predicted molar refractivity (Wildman–Crippen MR) is 131 cm³/mol. The van der Waals surface area contributed by atoms with E-state index < -0.39 is 22.0 Å². The van der Waals surface area contributed by atoms with E-state index in [1.54, 1.807) is 30.3 Å². The van der Waals surface area contributed by atoms with Crippen LogP contribution < -0.4 is 15.4 Å². The van der Waals surface area contributed by atoms with Gasteiger partial charge in [-0.2, -0.15) is 4.31 Å². The summed E-state index contributed by atoms with van der Waals surface area (Å²) in [6.07, 6.45) is 2.92. The molecule has 2 N–H and O–H groups in total. The van der Waals surface area contributed by atoms with Crippen molar-refractivity contribution in [2.75, 3.05) is 25.5 Å². The highest BCUT2D eigenvalue weighted by molar-refractivity contribution is 7.89. The van der Waals surface area contributed by atoms with Crippen LogP contribution in [0.3, 0.4) is 0 Å². The summed E-state index contributed by atoms with van der Waals surface area (Å²) in [6.45, 7) is 4.78. The maximum Gasteiger partial charge on any atom is 0.251 e. The smallest absolute Gasteiger partial charge is 0.251 e. The van der Waals surface area contributed by atoms with Crippen LogP contribution in [-0.2, 0) is 19.6 Å². The van der Waals surface area contributed by atoms with Gasteiger partial charge in [0, 0.05) is 25.2 Å². The highest BCUT2D eigenvalue weighted by atomic mass is 32.2. The van der Waals surface area contributed by atoms with Crippen LogP contribution in [0.2, 0.25) is 0 Å². The van der Waals surface area contributed by atoms with E-state index in [2.05, 4.69) is 10.6 Å². The first-order valence-electron chi connectivity index (χ1n) is 11.6. The van der Waals surface area contributed by atoms with Gasteiger partial charge >= 0.3 is 0 Å². The molecule has 0 spiro atoms. The normalized spacial score (nSPS) is 15.5. The lowest BCUT2D eigenvalue weighted by molar-refractivity contribution is -0.127. The maximum atomic E-state index is 13.3. The Morgan fingerprint density at radius 3 is 2.32 bits per heavy atom. The van der Waals surface area contributed by atoms with Crippen LogP contribution >= 0.6 is 0 Å². The van der Waals surface area contributed by atoms with Crippen LogP contribution in [0.15, 0.2) is 53.4 Å². The first-order chi connectivity index (χ1) is 16.2. The number of anilines is 1. The minimum absolute atomic E-state index is 0.00908. The molecule has 8 nitrogen and oxygen atoms in total. The summed E-state index contributed by atoms with van der Waals surface area (Å²) < 4.78 is 33.3. The Balaban J connectivity index is 1.88. The van der Waals surface area contributed by atoms with Crippen molar-refractivity contribution < 1.29 is 22.7 Å². The molecule has 0 radical (unpaired) electrons. The third-order valence-electron chi connectivity index (χ3n) is 5.66. The van der Waals surface area contributed by atoms with E-state index in [0.29, 0.717) is 24.3 Å². The van der Waals surface area contributed by atoms with Gasteiger partial charge in [-0.3, -0.25) is 9.59 Å². The van der Waals surface area contributed by atoms with Gasteiger partial charge in [0.05, 0.1) is 7.11 Å². The summed E-state index contributed by atoms with van der Waals surface area (Å²) in [6, 6.07) is 12.6. The summed E-state index contributed by atoms with van der Waals surface area (Å²) >= 11 is 0. The number of nitrogens with zero attached hydrogens (tertiary/aromatic N) is 1. The number of benzene rings is 2. The van der Waals surface area contributed by atoms with Crippen LogP contribution in [0.1, 0.15) is 51.1 Å². The standard InChI is InChI=1S/C25H33N3O5S/c1-18(2)16-23(29)27-24(19-10-6-4-7-11-19)25(30)26-20-12-13-21(33-3)22(17-20)34(31,32)28-14-8-5-9-15-28/h4,6-7,10-13,17-18,24H,5,8-9,14-16H2,1-3H3,(H,26,30)(H,27,29). The minimum Gasteiger partial charge on any atom is -0.495 e. The van der Waals surface area contributed by atoms with Crippen LogP contribution in [-0.4, -0.2) is 44.7 Å². The molecule has 1 heterocycles. The van der Waals surface area contributed by atoms with E-state index in [9.17, 15) is 18.0 Å². The van der Waals surface area contributed by atoms with Gasteiger partial charge < -0.3 is 15.4 Å². The minimum atomic E-state index is -3.78. The highest BCUT2D eigenvalue weighted by Crippen LogP contribution is 2.31. The average Bonchev–Trinajstić information content (AvgIpc) is 2.83. The number of amides is 2. The predicted octanol–water partition coefficient (Wildman–Crippen LogP) is 3.71. The Morgan fingerprint density at radius 2 is 1.71 bits per heavy atom. The van der Waals surface area contributed by atoms with Crippen LogP contribution in [0.25, 0.3) is 0 Å². The molecule has 1 unspecified atom stereocenters. The van der Waals surface area contributed by atoms with Gasteiger partial charge in [-0.1, -0.05) is 50.6 Å². The molecule has 0 aliphatic carbocycles. The molecule has 2 amide bonds. The summed E-state index contributed by atoms with van der Waals surface area (Å²) in [5, 5.41) is 5.58. The number of nitrogens with one attached hydrogen (secondary N) is 2. The van der Waals surface area contributed by atoms with E-state index in [0.717, 1.165) is 19.3 Å². The summed E-state index contributed by atoms with van der Waals surface area (Å²) in [5.41, 5.74) is 0.937. The number of hydrogen-bond donors (Lipinski definition) is 2. The van der Waals surface area contributed by atoms with Crippen molar-refractivity contribution in [3.8, 4) is 5.75 Å². The summed E-state index contributed by atoms with van der Waals surface area (Å²) in [4.78, 5) is 25.7. The summed E-state index contributed by atoms with van der Waals surface area (Å²) in [5.74, 6) is -0.339. The molecule has 1 aliphatic heterocycles. The van der Waals surface area contributed by atoms with Gasteiger partial charge in [0.1, 0.15) is 16.7 Å². The zero-order chi connectivity index (χ0) is 24.7. The molecule has 2 aromatic rings. The lowest BCUT2D eigenvalue weighted by Crippen LogP contribution is -2.37. The largest absolute Gasteiger partial charge is 0.495 e. The molecular weight excluding hydrogens is 454 g/mol. The Bertz CT molecular complexity index is 1100. The monoisotopic (exact) mass is 487 g/mol. The molecule has 3 rings (SSSR count). The Morgan fingerprint density at radius 1 is 1.03 bits per heavy atom. The second-order valence-electron chi connectivity index (χ2n) is 8.83. The van der Waals surface area contributed by atoms with E-state index in [4.69, 9.17) is 4.74 Å². The molecule has 1 saturated heterocycles. The van der Waals surface area contributed by atoms with Crippen molar-refractivity contribution in [1.29, 1.82) is 0 Å². The third-order valence-corrected chi connectivity index (χ3v) is 7.58. The number of methoxy groups -OCH3 is 1. The number of carbonyl (C=O) groups excluding carboxylic acids is 2. The van der Waals surface area contributed by atoms with E-state index in [1.165, 1.54) is 23.5 Å².